The average molecular weight is 542 g/mol. The lowest BCUT2D eigenvalue weighted by atomic mass is 10.0. The fraction of sp³-hybridized carbons (Fsp3) is 0.333. The molecule has 0 radical (unpaired) electrons. The normalized spacial score (nSPS) is 20.7. The Balaban J connectivity index is 1.46. The van der Waals surface area contributed by atoms with Crippen LogP contribution in [-0.2, 0) is 30.3 Å². The van der Waals surface area contributed by atoms with E-state index in [0.717, 1.165) is 21.3 Å². The Morgan fingerprint density at radius 2 is 2.03 bits per heavy atom. The molecule has 2 aromatic rings. The van der Waals surface area contributed by atoms with Crippen LogP contribution in [0, 0.1) is 0 Å². The topological polar surface area (TPSA) is 211 Å². The van der Waals surface area contributed by atoms with Crippen molar-refractivity contribution in [2.24, 2.45) is 5.14 Å². The zero-order valence-electron chi connectivity index (χ0n) is 17.7. The Morgan fingerprint density at radius 3 is 2.69 bits per heavy atom. The van der Waals surface area contributed by atoms with Crippen LogP contribution in [-0.4, -0.2) is 84.4 Å². The van der Waals surface area contributed by atoms with Crippen molar-refractivity contribution in [1.29, 1.82) is 0 Å². The zero-order chi connectivity index (χ0) is 25.3. The van der Waals surface area contributed by atoms with Crippen LogP contribution in [0.1, 0.15) is 11.7 Å². The van der Waals surface area contributed by atoms with E-state index < -0.39 is 51.2 Å². The fourth-order valence-corrected chi connectivity index (χ4v) is 6.47. The van der Waals surface area contributed by atoms with Crippen LogP contribution in [0.25, 0.3) is 0 Å². The molecule has 3 atom stereocenters. The van der Waals surface area contributed by atoms with E-state index in [0.29, 0.717) is 11.1 Å². The molecule has 14 nitrogen and oxygen atoms in total. The molecule has 17 heteroatoms. The number of primary sulfonamides is 1. The van der Waals surface area contributed by atoms with Crippen LogP contribution >= 0.6 is 23.5 Å². The number of aliphatic carboxylic acids is 1. The second kappa shape index (κ2) is 9.94. The maximum atomic E-state index is 12.8. The number of carbonyl (C=O) groups is 3. The molecule has 1 aromatic heterocycles. The Labute approximate surface area is 207 Å². The predicted octanol–water partition coefficient (Wildman–Crippen LogP) is -1.52. The predicted molar refractivity (Wildman–Crippen MR) is 123 cm³/mol. The number of aliphatic hydroxyl groups excluding tert-OH is 1. The van der Waals surface area contributed by atoms with E-state index in [9.17, 15) is 33.0 Å². The van der Waals surface area contributed by atoms with Crippen molar-refractivity contribution in [2.75, 3.05) is 11.5 Å². The van der Waals surface area contributed by atoms with Gasteiger partial charge in [-0.1, -0.05) is 42.1 Å². The summed E-state index contributed by atoms with van der Waals surface area (Å²) in [5.41, 5.74) is 0.544. The molecule has 1 aromatic carbocycles. The maximum absolute atomic E-state index is 12.8. The first-order valence-corrected chi connectivity index (χ1v) is 13.6. The van der Waals surface area contributed by atoms with E-state index in [1.807, 2.05) is 0 Å². The number of β-lactam (4-membered cyclic amide) rings is 1. The minimum absolute atomic E-state index is 0.0693. The van der Waals surface area contributed by atoms with Gasteiger partial charge in [0.2, 0.25) is 15.2 Å². The van der Waals surface area contributed by atoms with Crippen molar-refractivity contribution in [3.63, 3.8) is 0 Å². The minimum atomic E-state index is -3.90. The van der Waals surface area contributed by atoms with Crippen LogP contribution in [0.5, 0.6) is 0 Å². The summed E-state index contributed by atoms with van der Waals surface area (Å²) in [5.74, 6) is -3.05. The third-order valence-corrected chi connectivity index (χ3v) is 8.08. The third kappa shape index (κ3) is 5.32. The lowest BCUT2D eigenvalue weighted by molar-refractivity contribution is -0.151. The molecule has 2 aliphatic rings. The van der Waals surface area contributed by atoms with Gasteiger partial charge >= 0.3 is 5.97 Å². The molecule has 0 spiro atoms. The summed E-state index contributed by atoms with van der Waals surface area (Å²) >= 11 is 2.25. The van der Waals surface area contributed by atoms with Crippen molar-refractivity contribution >= 4 is 51.3 Å². The number of carboxylic acids is 1. The highest BCUT2D eigenvalue weighted by atomic mass is 32.2. The van der Waals surface area contributed by atoms with Crippen molar-refractivity contribution < 1.29 is 33.0 Å². The molecule has 1 saturated heterocycles. The monoisotopic (exact) mass is 541 g/mol. The number of aliphatic hydroxyl groups is 1. The molecule has 35 heavy (non-hydrogen) atoms. The first-order valence-electron chi connectivity index (χ1n) is 9.89. The zero-order valence-corrected chi connectivity index (χ0v) is 20.2. The van der Waals surface area contributed by atoms with Gasteiger partial charge in [-0.2, -0.15) is 0 Å². The number of nitrogens with zero attached hydrogens (tertiary/aromatic N) is 5. The molecular formula is C18H19N7O7S3. The SMILES string of the molecule is NS(=O)(=O)Cn1nnnc1SCC1=C(C(=O)O)N2C(=O)C(NC(=O)[C@H](O)c3ccccc3)[C@H]2SC1. The molecule has 2 aliphatic heterocycles. The molecule has 0 bridgehead atoms. The van der Waals surface area contributed by atoms with Gasteiger partial charge in [0.25, 0.3) is 11.8 Å². The van der Waals surface area contributed by atoms with Crippen LogP contribution in [0.2, 0.25) is 0 Å². The second-order valence-corrected chi connectivity index (χ2v) is 11.1. The summed E-state index contributed by atoms with van der Waals surface area (Å²) < 4.78 is 23.6. The number of aromatic nitrogens is 4. The summed E-state index contributed by atoms with van der Waals surface area (Å²) in [5, 5.41) is 37.7. The first kappa shape index (κ1) is 25.1. The summed E-state index contributed by atoms with van der Waals surface area (Å²) in [6.07, 6.45) is -1.48. The molecule has 1 unspecified atom stereocenters. The van der Waals surface area contributed by atoms with Gasteiger partial charge in [-0.05, 0) is 21.6 Å². The van der Waals surface area contributed by atoms with Crippen molar-refractivity contribution in [3.8, 4) is 0 Å². The van der Waals surface area contributed by atoms with E-state index in [2.05, 4.69) is 20.8 Å². The largest absolute Gasteiger partial charge is 0.477 e. The van der Waals surface area contributed by atoms with Crippen molar-refractivity contribution in [2.45, 2.75) is 28.6 Å². The maximum Gasteiger partial charge on any atom is 0.352 e. The van der Waals surface area contributed by atoms with E-state index in [1.54, 1.807) is 30.3 Å². The fourth-order valence-electron chi connectivity index (χ4n) is 3.52. The van der Waals surface area contributed by atoms with Gasteiger partial charge in [-0.15, -0.1) is 16.9 Å². The van der Waals surface area contributed by atoms with E-state index >= 15 is 0 Å². The van der Waals surface area contributed by atoms with Crippen molar-refractivity contribution in [1.82, 2.24) is 30.4 Å². The van der Waals surface area contributed by atoms with Gasteiger partial charge in [0.1, 0.15) is 17.1 Å². The lowest BCUT2D eigenvalue weighted by Gasteiger charge is -2.49. The third-order valence-electron chi connectivity index (χ3n) is 5.09. The number of rotatable bonds is 9. The number of sulfonamides is 1. The molecule has 2 amide bonds. The number of nitrogens with two attached hydrogens (primary N) is 1. The number of hydrogen-bond acceptors (Lipinski definition) is 11. The molecule has 5 N–H and O–H groups in total. The number of nitrogens with one attached hydrogen (secondary N) is 1. The smallest absolute Gasteiger partial charge is 0.352 e. The van der Waals surface area contributed by atoms with Crippen LogP contribution in [0.15, 0.2) is 46.8 Å². The molecule has 186 valence electrons. The standard InChI is InChI=1S/C18H19N7O7S3/c19-35(31,32)8-24-18(21-22-23-24)34-7-10-6-33-16-11(15(28)25(16)12(10)17(29)30)20-14(27)13(26)9-4-2-1-3-5-9/h1-5,11,13,16,26H,6-8H2,(H,20,27)(H,29,30)(H2,19,31,32)/t11?,13-,16-/m1/s1. The van der Waals surface area contributed by atoms with E-state index in [-0.39, 0.29) is 22.4 Å². The summed E-state index contributed by atoms with van der Waals surface area (Å²) in [6.45, 7) is 0. The minimum Gasteiger partial charge on any atom is -0.477 e. The van der Waals surface area contributed by atoms with Crippen LogP contribution in [0.3, 0.4) is 0 Å². The number of benzene rings is 1. The summed E-state index contributed by atoms with van der Waals surface area (Å²) in [6, 6.07) is 7.21. The Hall–Kier alpha value is -2.99. The number of fused-ring (bicyclic) bond motifs is 1. The van der Waals surface area contributed by atoms with E-state index in [1.165, 1.54) is 11.8 Å². The van der Waals surface area contributed by atoms with Crippen LogP contribution < -0.4 is 10.5 Å². The van der Waals surface area contributed by atoms with Gasteiger partial charge in [0, 0.05) is 11.5 Å². The van der Waals surface area contributed by atoms with E-state index in [4.69, 9.17) is 5.14 Å². The average Bonchev–Trinajstić information content (AvgIpc) is 3.25. The highest BCUT2D eigenvalue weighted by Crippen LogP contribution is 2.41. The molecule has 3 heterocycles. The molecule has 0 aliphatic carbocycles. The summed E-state index contributed by atoms with van der Waals surface area (Å²) in [4.78, 5) is 38.4. The Morgan fingerprint density at radius 1 is 1.31 bits per heavy atom. The van der Waals surface area contributed by atoms with Gasteiger partial charge in [0.05, 0.1) is 0 Å². The number of carbonyl (C=O) groups excluding carboxylic acids is 2. The summed E-state index contributed by atoms with van der Waals surface area (Å²) in [7, 11) is -3.90. The Kier molecular flexibility index (Phi) is 7.13. The number of hydrogen-bond donors (Lipinski definition) is 4. The highest BCUT2D eigenvalue weighted by molar-refractivity contribution is 8.01. The lowest BCUT2D eigenvalue weighted by Crippen LogP contribution is -2.70. The Bertz CT molecular complexity index is 1300. The number of carboxylic acid groups (broad SMARTS) is 1. The van der Waals surface area contributed by atoms with Crippen LogP contribution in [0.4, 0.5) is 0 Å². The molecule has 1 fully saturated rings. The molecule has 0 saturated carbocycles. The van der Waals surface area contributed by atoms with Gasteiger partial charge < -0.3 is 15.5 Å². The molecular weight excluding hydrogens is 522 g/mol. The number of tetrazole rings is 1. The quantitative estimate of drug-likeness (QED) is 0.211. The van der Waals surface area contributed by atoms with Crippen molar-refractivity contribution in [3.05, 3.63) is 47.2 Å². The first-order chi connectivity index (χ1) is 16.6. The molecule has 4 rings (SSSR count). The van der Waals surface area contributed by atoms with Gasteiger partial charge in [-0.25, -0.2) is 23.0 Å². The number of thioether (sulfide) groups is 2. The van der Waals surface area contributed by atoms with Gasteiger partial charge in [-0.3, -0.25) is 14.5 Å². The second-order valence-electron chi connectivity index (χ2n) is 7.51. The van der Waals surface area contributed by atoms with Gasteiger partial charge in [0.15, 0.2) is 12.0 Å². The highest BCUT2D eigenvalue weighted by Gasteiger charge is 2.54. The number of amides is 2.